The Kier molecular flexibility index (Phi) is 5.78. The molecule has 2 heterocycles. The van der Waals surface area contributed by atoms with E-state index in [1.54, 1.807) is 22.1 Å². The molecule has 0 radical (unpaired) electrons. The molecule has 4 rings (SSSR count). The van der Waals surface area contributed by atoms with Crippen molar-refractivity contribution in [2.75, 3.05) is 0 Å². The molecule has 0 unspecified atom stereocenters. The molecule has 0 saturated carbocycles. The third-order valence-corrected chi connectivity index (χ3v) is 5.74. The molecule has 29 heavy (non-hydrogen) atoms. The largest absolute Gasteiger partial charge is 0.489 e. The molecule has 5 nitrogen and oxygen atoms in total. The number of aromatic carboxylic acids is 1. The average Bonchev–Trinajstić information content (AvgIpc) is 3.38. The van der Waals surface area contributed by atoms with E-state index in [2.05, 4.69) is 21.0 Å². The molecular weight excluding hydrogens is 452 g/mol. The number of carboxylic acid groups (broad SMARTS) is 1. The molecule has 7 heteroatoms. The molecule has 0 aliphatic rings. The van der Waals surface area contributed by atoms with Crippen LogP contribution in [0.1, 0.15) is 21.6 Å². The highest BCUT2D eigenvalue weighted by Crippen LogP contribution is 2.29. The Labute approximate surface area is 180 Å². The van der Waals surface area contributed by atoms with E-state index in [0.29, 0.717) is 13.2 Å². The number of carbonyl (C=O) groups is 1. The zero-order valence-electron chi connectivity index (χ0n) is 15.3. The van der Waals surface area contributed by atoms with E-state index in [0.717, 1.165) is 31.9 Å². The Morgan fingerprint density at radius 2 is 1.93 bits per heavy atom. The number of hydrogen-bond acceptors (Lipinski definition) is 4. The number of thiophene rings is 1. The summed E-state index contributed by atoms with van der Waals surface area (Å²) in [6, 6.07) is 21.3. The lowest BCUT2D eigenvalue weighted by Gasteiger charge is -2.14. The fourth-order valence-corrected chi connectivity index (χ4v) is 4.13. The third-order valence-electron chi connectivity index (χ3n) is 4.35. The van der Waals surface area contributed by atoms with Gasteiger partial charge in [0.2, 0.25) is 0 Å². The van der Waals surface area contributed by atoms with Crippen molar-refractivity contribution in [2.24, 2.45) is 0 Å². The second kappa shape index (κ2) is 8.63. The normalized spacial score (nSPS) is 10.8. The highest BCUT2D eigenvalue weighted by molar-refractivity contribution is 9.10. The summed E-state index contributed by atoms with van der Waals surface area (Å²) in [6.45, 7) is 0.844. The first kappa shape index (κ1) is 19.4. The van der Waals surface area contributed by atoms with E-state index < -0.39 is 5.97 Å². The van der Waals surface area contributed by atoms with Crippen LogP contribution in [-0.2, 0) is 13.2 Å². The van der Waals surface area contributed by atoms with Crippen LogP contribution in [0.15, 0.2) is 76.6 Å². The Morgan fingerprint density at radius 1 is 1.10 bits per heavy atom. The molecule has 0 spiro atoms. The van der Waals surface area contributed by atoms with Gasteiger partial charge in [-0.1, -0.05) is 52.3 Å². The topological polar surface area (TPSA) is 64.3 Å². The molecule has 0 amide bonds. The van der Waals surface area contributed by atoms with E-state index >= 15 is 0 Å². The standard InChI is InChI=1S/C22H17BrN2O3S/c23-17-8-9-20(28-14-15-5-2-1-3-6-15)16(11-17)13-25-19(21-7-4-10-29-21)12-18(24-25)22(26)27/h1-12H,13-14H2,(H,26,27). The second-order valence-corrected chi connectivity index (χ2v) is 8.24. The van der Waals surface area contributed by atoms with Crippen molar-refractivity contribution in [3.63, 3.8) is 0 Å². The number of halogens is 1. The van der Waals surface area contributed by atoms with E-state index in [4.69, 9.17) is 4.74 Å². The number of aromatic nitrogens is 2. The van der Waals surface area contributed by atoms with Crippen LogP contribution in [0.3, 0.4) is 0 Å². The summed E-state index contributed by atoms with van der Waals surface area (Å²) >= 11 is 5.06. The smallest absolute Gasteiger partial charge is 0.356 e. The maximum atomic E-state index is 11.5. The molecule has 0 atom stereocenters. The minimum absolute atomic E-state index is 0.0233. The molecule has 0 saturated heterocycles. The summed E-state index contributed by atoms with van der Waals surface area (Å²) in [6.07, 6.45) is 0. The average molecular weight is 469 g/mol. The number of rotatable bonds is 7. The van der Waals surface area contributed by atoms with Gasteiger partial charge in [0.25, 0.3) is 0 Å². The van der Waals surface area contributed by atoms with Crippen molar-refractivity contribution in [1.29, 1.82) is 0 Å². The van der Waals surface area contributed by atoms with Crippen molar-refractivity contribution in [2.45, 2.75) is 13.2 Å². The first-order valence-electron chi connectivity index (χ1n) is 8.90. The molecule has 2 aromatic heterocycles. The lowest BCUT2D eigenvalue weighted by atomic mass is 10.2. The van der Waals surface area contributed by atoms with Gasteiger partial charge >= 0.3 is 5.97 Å². The van der Waals surface area contributed by atoms with Gasteiger partial charge in [-0.3, -0.25) is 4.68 Å². The molecule has 2 aromatic carbocycles. The molecule has 0 aliphatic heterocycles. The summed E-state index contributed by atoms with van der Waals surface area (Å²) in [5, 5.41) is 15.7. The van der Waals surface area contributed by atoms with E-state index in [1.165, 1.54) is 0 Å². The number of hydrogen-bond donors (Lipinski definition) is 1. The van der Waals surface area contributed by atoms with Crippen LogP contribution in [0.4, 0.5) is 0 Å². The van der Waals surface area contributed by atoms with Crippen LogP contribution < -0.4 is 4.74 Å². The van der Waals surface area contributed by atoms with Crippen LogP contribution in [-0.4, -0.2) is 20.9 Å². The lowest BCUT2D eigenvalue weighted by molar-refractivity contribution is 0.0689. The van der Waals surface area contributed by atoms with Gasteiger partial charge in [-0.15, -0.1) is 11.3 Å². The van der Waals surface area contributed by atoms with Crippen LogP contribution in [0.5, 0.6) is 5.75 Å². The SMILES string of the molecule is O=C(O)c1cc(-c2cccs2)n(Cc2cc(Br)ccc2OCc2ccccc2)n1. The Bertz CT molecular complexity index is 1120. The van der Waals surface area contributed by atoms with Gasteiger partial charge in [0.05, 0.1) is 17.1 Å². The van der Waals surface area contributed by atoms with E-state index in [-0.39, 0.29) is 5.69 Å². The molecule has 0 aliphatic carbocycles. The van der Waals surface area contributed by atoms with Gasteiger partial charge in [-0.2, -0.15) is 5.10 Å². The first-order chi connectivity index (χ1) is 14.1. The highest BCUT2D eigenvalue weighted by Gasteiger charge is 2.17. The molecule has 1 N–H and O–H groups in total. The van der Waals surface area contributed by atoms with Crippen LogP contribution in [0.2, 0.25) is 0 Å². The van der Waals surface area contributed by atoms with Gasteiger partial charge in [0.15, 0.2) is 5.69 Å². The predicted octanol–water partition coefficient (Wildman–Crippen LogP) is 5.70. The summed E-state index contributed by atoms with van der Waals surface area (Å²) in [5.74, 6) is -0.307. The van der Waals surface area contributed by atoms with Crippen molar-refractivity contribution in [1.82, 2.24) is 9.78 Å². The predicted molar refractivity (Wildman–Crippen MR) is 117 cm³/mol. The monoisotopic (exact) mass is 468 g/mol. The van der Waals surface area contributed by atoms with Crippen LogP contribution in [0.25, 0.3) is 10.6 Å². The van der Waals surface area contributed by atoms with Crippen molar-refractivity contribution < 1.29 is 14.6 Å². The summed E-state index contributed by atoms with van der Waals surface area (Å²) in [7, 11) is 0. The number of nitrogens with zero attached hydrogens (tertiary/aromatic N) is 2. The zero-order chi connectivity index (χ0) is 20.2. The summed E-state index contributed by atoms with van der Waals surface area (Å²) in [4.78, 5) is 12.4. The third kappa shape index (κ3) is 4.58. The maximum Gasteiger partial charge on any atom is 0.356 e. The molecule has 4 aromatic rings. The van der Waals surface area contributed by atoms with Gasteiger partial charge < -0.3 is 9.84 Å². The quantitative estimate of drug-likeness (QED) is 0.377. The van der Waals surface area contributed by atoms with E-state index in [9.17, 15) is 9.90 Å². The van der Waals surface area contributed by atoms with Crippen LogP contribution in [0, 0.1) is 0 Å². The van der Waals surface area contributed by atoms with Gasteiger partial charge in [-0.05, 0) is 41.3 Å². The van der Waals surface area contributed by atoms with Gasteiger partial charge in [0.1, 0.15) is 12.4 Å². The minimum Gasteiger partial charge on any atom is -0.489 e. The van der Waals surface area contributed by atoms with Crippen molar-refractivity contribution >= 4 is 33.2 Å². The molecular formula is C22H17BrN2O3S. The van der Waals surface area contributed by atoms with Crippen LogP contribution >= 0.6 is 27.3 Å². The zero-order valence-corrected chi connectivity index (χ0v) is 17.7. The molecule has 0 fully saturated rings. The van der Waals surface area contributed by atoms with Crippen molar-refractivity contribution in [3.8, 4) is 16.3 Å². The maximum absolute atomic E-state index is 11.5. The van der Waals surface area contributed by atoms with Crippen molar-refractivity contribution in [3.05, 3.63) is 93.4 Å². The molecule has 146 valence electrons. The Morgan fingerprint density at radius 3 is 2.66 bits per heavy atom. The number of carboxylic acids is 1. The summed E-state index contributed by atoms with van der Waals surface area (Å²) < 4.78 is 8.69. The second-order valence-electron chi connectivity index (χ2n) is 6.38. The van der Waals surface area contributed by atoms with Gasteiger partial charge in [0, 0.05) is 10.0 Å². The Hall–Kier alpha value is -2.90. The van der Waals surface area contributed by atoms with Gasteiger partial charge in [-0.25, -0.2) is 4.79 Å². The number of benzene rings is 2. The number of ether oxygens (including phenoxy) is 1. The highest BCUT2D eigenvalue weighted by atomic mass is 79.9. The first-order valence-corrected chi connectivity index (χ1v) is 10.6. The molecule has 0 bridgehead atoms. The van der Waals surface area contributed by atoms with E-state index in [1.807, 2.05) is 66.0 Å². The lowest BCUT2D eigenvalue weighted by Crippen LogP contribution is -2.07. The Balaban J connectivity index is 1.65. The fourth-order valence-electron chi connectivity index (χ4n) is 2.97. The minimum atomic E-state index is -1.05. The fraction of sp³-hybridized carbons (Fsp3) is 0.0909. The summed E-state index contributed by atoms with van der Waals surface area (Å²) in [5.41, 5.74) is 2.78.